The van der Waals surface area contributed by atoms with Gasteiger partial charge in [-0.2, -0.15) is 0 Å². The molecule has 0 saturated heterocycles. The Balaban J connectivity index is 2.32. The maximum atomic E-state index is 11.5. The van der Waals surface area contributed by atoms with Crippen LogP contribution in [-0.2, 0) is 4.79 Å². The van der Waals surface area contributed by atoms with Crippen LogP contribution in [0.1, 0.15) is 16.9 Å². The van der Waals surface area contributed by atoms with Gasteiger partial charge in [-0.15, -0.1) is 0 Å². The summed E-state index contributed by atoms with van der Waals surface area (Å²) < 4.78 is 0. The molecule has 5 nitrogen and oxygen atoms in total. The molecular weight excluding hydrogens is 230 g/mol. The first-order valence-electron chi connectivity index (χ1n) is 4.82. The fourth-order valence-electron chi connectivity index (χ4n) is 1.08. The number of amides is 2. The number of carbonyl (C=O) groups is 2. The van der Waals surface area contributed by atoms with Crippen LogP contribution in [-0.4, -0.2) is 30.4 Å². The summed E-state index contributed by atoms with van der Waals surface area (Å²) in [6, 6.07) is 4.86. The molecular formula is C10H12ClN3O2. The number of pyridine rings is 1. The monoisotopic (exact) mass is 241 g/mol. The van der Waals surface area contributed by atoms with Crippen LogP contribution in [0.5, 0.6) is 0 Å². The second-order valence-corrected chi connectivity index (χ2v) is 3.41. The van der Waals surface area contributed by atoms with Crippen molar-refractivity contribution in [3.8, 4) is 0 Å². The predicted octanol–water partition coefficient (Wildman–Crippen LogP) is 0.601. The van der Waals surface area contributed by atoms with Crippen LogP contribution in [0.25, 0.3) is 0 Å². The molecule has 0 radical (unpaired) electrons. The van der Waals surface area contributed by atoms with Crippen molar-refractivity contribution in [2.45, 2.75) is 6.42 Å². The van der Waals surface area contributed by atoms with E-state index in [-0.39, 0.29) is 16.8 Å². The maximum absolute atomic E-state index is 11.5. The van der Waals surface area contributed by atoms with Gasteiger partial charge in [0.2, 0.25) is 6.41 Å². The highest BCUT2D eigenvalue weighted by atomic mass is 35.5. The third-order valence-corrected chi connectivity index (χ3v) is 2.03. The van der Waals surface area contributed by atoms with Crippen molar-refractivity contribution in [3.63, 3.8) is 0 Å². The molecule has 6 heteroatoms. The minimum Gasteiger partial charge on any atom is -0.359 e. The lowest BCUT2D eigenvalue weighted by Crippen LogP contribution is -2.27. The molecule has 2 amide bonds. The summed E-state index contributed by atoms with van der Waals surface area (Å²) in [5.41, 5.74) is 0.288. The summed E-state index contributed by atoms with van der Waals surface area (Å²) in [4.78, 5) is 25.3. The smallest absolute Gasteiger partial charge is 0.269 e. The molecule has 0 saturated carbocycles. The van der Waals surface area contributed by atoms with E-state index in [0.717, 1.165) is 0 Å². The molecule has 0 spiro atoms. The van der Waals surface area contributed by atoms with Gasteiger partial charge in [0.15, 0.2) is 0 Å². The third-order valence-electron chi connectivity index (χ3n) is 1.81. The van der Waals surface area contributed by atoms with E-state index in [0.29, 0.717) is 25.9 Å². The van der Waals surface area contributed by atoms with Crippen molar-refractivity contribution in [2.75, 3.05) is 13.1 Å². The van der Waals surface area contributed by atoms with E-state index in [1.54, 1.807) is 18.2 Å². The fraction of sp³-hybridized carbons (Fsp3) is 0.300. The van der Waals surface area contributed by atoms with Crippen LogP contribution in [0, 0.1) is 0 Å². The van der Waals surface area contributed by atoms with Crippen LogP contribution in [0.2, 0.25) is 5.15 Å². The zero-order chi connectivity index (χ0) is 11.8. The minimum atomic E-state index is -0.270. The molecule has 1 heterocycles. The first-order valence-corrected chi connectivity index (χ1v) is 5.19. The molecule has 16 heavy (non-hydrogen) atoms. The summed E-state index contributed by atoms with van der Waals surface area (Å²) in [5, 5.41) is 5.46. The Morgan fingerprint density at radius 3 is 2.94 bits per heavy atom. The number of aromatic nitrogens is 1. The molecule has 86 valence electrons. The number of carbonyl (C=O) groups excluding carboxylic acids is 2. The Hall–Kier alpha value is -1.62. The van der Waals surface area contributed by atoms with Crippen LogP contribution in [0.3, 0.4) is 0 Å². The zero-order valence-corrected chi connectivity index (χ0v) is 9.33. The number of rotatable bonds is 6. The molecule has 0 aliphatic carbocycles. The Bertz CT molecular complexity index is 371. The van der Waals surface area contributed by atoms with Gasteiger partial charge in [-0.05, 0) is 18.6 Å². The molecule has 0 aliphatic heterocycles. The molecule has 0 atom stereocenters. The van der Waals surface area contributed by atoms with E-state index in [4.69, 9.17) is 11.6 Å². The maximum Gasteiger partial charge on any atom is 0.269 e. The van der Waals surface area contributed by atoms with Crippen molar-refractivity contribution in [3.05, 3.63) is 29.0 Å². The number of hydrogen-bond acceptors (Lipinski definition) is 3. The van der Waals surface area contributed by atoms with Gasteiger partial charge in [0.1, 0.15) is 10.8 Å². The van der Waals surface area contributed by atoms with Crippen LogP contribution in [0.15, 0.2) is 18.2 Å². The molecule has 0 fully saturated rings. The number of nitrogens with zero attached hydrogens (tertiary/aromatic N) is 1. The Kier molecular flexibility index (Phi) is 5.28. The van der Waals surface area contributed by atoms with Gasteiger partial charge in [0.05, 0.1) is 0 Å². The Labute approximate surface area is 98.2 Å². The van der Waals surface area contributed by atoms with Gasteiger partial charge in [-0.25, -0.2) is 4.98 Å². The molecule has 0 unspecified atom stereocenters. The van der Waals surface area contributed by atoms with Crippen molar-refractivity contribution < 1.29 is 9.59 Å². The minimum absolute atomic E-state index is 0.270. The summed E-state index contributed by atoms with van der Waals surface area (Å²) >= 11 is 5.65. The quantitative estimate of drug-likeness (QED) is 0.435. The second-order valence-electron chi connectivity index (χ2n) is 3.03. The lowest BCUT2D eigenvalue weighted by Gasteiger charge is -2.04. The van der Waals surface area contributed by atoms with Crippen LogP contribution >= 0.6 is 11.6 Å². The standard InChI is InChI=1S/C10H12ClN3O2/c11-9-4-1-3-8(14-9)10(16)13-6-2-5-12-7-15/h1,3-4,7H,2,5-6H2,(H,12,15)(H,13,16). The topological polar surface area (TPSA) is 71.1 Å². The lowest BCUT2D eigenvalue weighted by molar-refractivity contribution is -0.109. The molecule has 0 aliphatic rings. The average Bonchev–Trinajstić information content (AvgIpc) is 2.28. The van der Waals surface area contributed by atoms with Gasteiger partial charge in [0.25, 0.3) is 5.91 Å². The molecule has 0 aromatic carbocycles. The summed E-state index contributed by atoms with van der Waals surface area (Å²) in [6.45, 7) is 1.01. The normalized spacial score (nSPS) is 9.56. The average molecular weight is 242 g/mol. The van der Waals surface area contributed by atoms with E-state index >= 15 is 0 Å². The van der Waals surface area contributed by atoms with Crippen molar-refractivity contribution in [1.29, 1.82) is 0 Å². The SMILES string of the molecule is O=CNCCCNC(=O)c1cccc(Cl)n1. The predicted molar refractivity (Wildman–Crippen MR) is 60.3 cm³/mol. The summed E-state index contributed by atoms with van der Waals surface area (Å²) in [6.07, 6.45) is 1.30. The highest BCUT2D eigenvalue weighted by Crippen LogP contribution is 2.04. The van der Waals surface area contributed by atoms with Gasteiger partial charge >= 0.3 is 0 Å². The number of hydrogen-bond donors (Lipinski definition) is 2. The van der Waals surface area contributed by atoms with Gasteiger partial charge in [-0.3, -0.25) is 9.59 Å². The first-order chi connectivity index (χ1) is 7.74. The van der Waals surface area contributed by atoms with E-state index in [1.165, 1.54) is 0 Å². The Morgan fingerprint density at radius 2 is 2.25 bits per heavy atom. The Morgan fingerprint density at radius 1 is 1.44 bits per heavy atom. The number of nitrogens with one attached hydrogen (secondary N) is 2. The van der Waals surface area contributed by atoms with E-state index in [9.17, 15) is 9.59 Å². The fourth-order valence-corrected chi connectivity index (χ4v) is 1.24. The van der Waals surface area contributed by atoms with Gasteiger partial charge < -0.3 is 10.6 Å². The molecule has 0 bridgehead atoms. The zero-order valence-electron chi connectivity index (χ0n) is 8.57. The van der Waals surface area contributed by atoms with Crippen molar-refractivity contribution >= 4 is 23.9 Å². The summed E-state index contributed by atoms with van der Waals surface area (Å²) in [5.74, 6) is -0.270. The van der Waals surface area contributed by atoms with E-state index < -0.39 is 0 Å². The van der Waals surface area contributed by atoms with Gasteiger partial charge in [-0.1, -0.05) is 17.7 Å². The third kappa shape index (κ3) is 4.27. The first kappa shape index (κ1) is 12.4. The highest BCUT2D eigenvalue weighted by Gasteiger charge is 2.05. The molecule has 1 rings (SSSR count). The summed E-state index contributed by atoms with van der Waals surface area (Å²) in [7, 11) is 0. The highest BCUT2D eigenvalue weighted by molar-refractivity contribution is 6.29. The van der Waals surface area contributed by atoms with E-state index in [1.807, 2.05) is 0 Å². The molecule has 1 aromatic heterocycles. The van der Waals surface area contributed by atoms with Gasteiger partial charge in [0, 0.05) is 13.1 Å². The van der Waals surface area contributed by atoms with E-state index in [2.05, 4.69) is 15.6 Å². The van der Waals surface area contributed by atoms with Crippen LogP contribution in [0.4, 0.5) is 0 Å². The van der Waals surface area contributed by atoms with Crippen molar-refractivity contribution in [2.24, 2.45) is 0 Å². The van der Waals surface area contributed by atoms with Crippen LogP contribution < -0.4 is 10.6 Å². The largest absolute Gasteiger partial charge is 0.359 e. The second kappa shape index (κ2) is 6.79. The lowest BCUT2D eigenvalue weighted by atomic mass is 10.3. The van der Waals surface area contributed by atoms with Crippen molar-refractivity contribution in [1.82, 2.24) is 15.6 Å². The number of halogens is 1. The molecule has 2 N–H and O–H groups in total. The molecule has 1 aromatic rings.